The first kappa shape index (κ1) is 10.5. The van der Waals surface area contributed by atoms with Crippen molar-refractivity contribution in [2.45, 2.75) is 33.1 Å². The Labute approximate surface area is 101 Å². The van der Waals surface area contributed by atoms with Crippen LogP contribution in [-0.2, 0) is 4.79 Å². The van der Waals surface area contributed by atoms with Gasteiger partial charge in [-0.1, -0.05) is 0 Å². The maximum absolute atomic E-state index is 12.1. The third-order valence-electron chi connectivity index (χ3n) is 3.78. The summed E-state index contributed by atoms with van der Waals surface area (Å²) in [5.74, 6) is 0.117. The van der Waals surface area contributed by atoms with Crippen LogP contribution in [0.1, 0.15) is 30.4 Å². The molecular weight excluding hydrogens is 212 g/mol. The number of benzene rings is 1. The Balaban J connectivity index is 2.15. The van der Waals surface area contributed by atoms with Crippen molar-refractivity contribution in [3.63, 3.8) is 0 Å². The number of anilines is 1. The van der Waals surface area contributed by atoms with Crippen LogP contribution in [-0.4, -0.2) is 11.6 Å². The topological polar surface area (TPSA) is 41.5 Å². The molecule has 88 valence electrons. The zero-order chi connectivity index (χ0) is 12.0. The molecule has 1 aromatic rings. The summed E-state index contributed by atoms with van der Waals surface area (Å²) in [6.45, 7) is 4.13. The third-order valence-corrected chi connectivity index (χ3v) is 3.78. The number of aryl methyl sites for hydroxylation is 2. The van der Waals surface area contributed by atoms with Gasteiger partial charge in [-0.25, -0.2) is 0 Å². The quantitative estimate of drug-likeness (QED) is 0.728. The van der Waals surface area contributed by atoms with Crippen molar-refractivity contribution < 1.29 is 4.79 Å². The van der Waals surface area contributed by atoms with Crippen LogP contribution in [0.5, 0.6) is 0 Å². The predicted octanol–water partition coefficient (Wildman–Crippen LogP) is 3.13. The Kier molecular flexibility index (Phi) is 2.28. The SMILES string of the molecule is Cc1cc2c(cc1C)NC(=O)[C@@H]1CCCC1=N2. The lowest BCUT2D eigenvalue weighted by Crippen LogP contribution is -2.24. The van der Waals surface area contributed by atoms with Gasteiger partial charge < -0.3 is 5.32 Å². The molecule has 1 saturated carbocycles. The zero-order valence-electron chi connectivity index (χ0n) is 10.2. The molecule has 1 aliphatic heterocycles. The van der Waals surface area contributed by atoms with Gasteiger partial charge in [0.25, 0.3) is 0 Å². The van der Waals surface area contributed by atoms with Crippen LogP contribution < -0.4 is 5.32 Å². The van der Waals surface area contributed by atoms with Crippen LogP contribution in [0, 0.1) is 19.8 Å². The minimum Gasteiger partial charge on any atom is -0.324 e. The van der Waals surface area contributed by atoms with E-state index < -0.39 is 0 Å². The van der Waals surface area contributed by atoms with Crippen molar-refractivity contribution in [3.05, 3.63) is 23.3 Å². The minimum absolute atomic E-state index is 0.00279. The smallest absolute Gasteiger partial charge is 0.233 e. The van der Waals surface area contributed by atoms with E-state index in [1.165, 1.54) is 11.1 Å². The molecule has 3 rings (SSSR count). The molecule has 1 N–H and O–H groups in total. The number of rotatable bonds is 0. The van der Waals surface area contributed by atoms with Gasteiger partial charge in [-0.05, 0) is 56.4 Å². The average molecular weight is 228 g/mol. The first-order chi connectivity index (χ1) is 8.15. The van der Waals surface area contributed by atoms with Crippen LogP contribution in [0.3, 0.4) is 0 Å². The summed E-state index contributed by atoms with van der Waals surface area (Å²) in [6, 6.07) is 4.09. The highest BCUT2D eigenvalue weighted by atomic mass is 16.1. The van der Waals surface area contributed by atoms with E-state index in [4.69, 9.17) is 0 Å². The van der Waals surface area contributed by atoms with E-state index >= 15 is 0 Å². The average Bonchev–Trinajstić information content (AvgIpc) is 2.69. The lowest BCUT2D eigenvalue weighted by Gasteiger charge is -2.09. The van der Waals surface area contributed by atoms with E-state index in [2.05, 4.69) is 30.2 Å². The maximum atomic E-state index is 12.1. The molecule has 0 aromatic heterocycles. The first-order valence-electron chi connectivity index (χ1n) is 6.15. The number of aliphatic imine (C=N–C) groups is 1. The van der Waals surface area contributed by atoms with Crippen LogP contribution in [0.15, 0.2) is 17.1 Å². The van der Waals surface area contributed by atoms with Gasteiger partial charge in [-0.15, -0.1) is 0 Å². The summed E-state index contributed by atoms with van der Waals surface area (Å²) >= 11 is 0. The highest BCUT2D eigenvalue weighted by Gasteiger charge is 2.31. The summed E-state index contributed by atoms with van der Waals surface area (Å²) in [6.07, 6.45) is 2.98. The van der Waals surface area contributed by atoms with Crippen LogP contribution >= 0.6 is 0 Å². The van der Waals surface area contributed by atoms with E-state index in [-0.39, 0.29) is 11.8 Å². The molecule has 3 nitrogen and oxygen atoms in total. The van der Waals surface area contributed by atoms with Gasteiger partial charge in [-0.3, -0.25) is 9.79 Å². The number of hydrogen-bond donors (Lipinski definition) is 1. The van der Waals surface area contributed by atoms with Crippen LogP contribution in [0.25, 0.3) is 0 Å². The van der Waals surface area contributed by atoms with Gasteiger partial charge >= 0.3 is 0 Å². The maximum Gasteiger partial charge on any atom is 0.233 e. The summed E-state index contributed by atoms with van der Waals surface area (Å²) in [5.41, 5.74) is 5.25. The normalized spacial score (nSPS) is 22.4. The summed E-state index contributed by atoms with van der Waals surface area (Å²) < 4.78 is 0. The Hall–Kier alpha value is -1.64. The number of carbonyl (C=O) groups is 1. The molecule has 1 fully saturated rings. The molecule has 1 amide bonds. The number of nitrogens with one attached hydrogen (secondary N) is 1. The van der Waals surface area contributed by atoms with Gasteiger partial charge in [0.05, 0.1) is 17.3 Å². The lowest BCUT2D eigenvalue weighted by atomic mass is 10.1. The Morgan fingerprint density at radius 2 is 2.06 bits per heavy atom. The van der Waals surface area contributed by atoms with Crippen molar-refractivity contribution in [2.75, 3.05) is 5.32 Å². The zero-order valence-corrected chi connectivity index (χ0v) is 10.2. The largest absolute Gasteiger partial charge is 0.324 e. The molecule has 1 atom stereocenters. The van der Waals surface area contributed by atoms with E-state index in [1.807, 2.05) is 6.07 Å². The molecule has 0 radical (unpaired) electrons. The fourth-order valence-electron chi connectivity index (χ4n) is 2.61. The van der Waals surface area contributed by atoms with Gasteiger partial charge in [0.1, 0.15) is 0 Å². The van der Waals surface area contributed by atoms with E-state index in [1.54, 1.807) is 0 Å². The van der Waals surface area contributed by atoms with Crippen molar-refractivity contribution in [1.82, 2.24) is 0 Å². The molecule has 0 bridgehead atoms. The molecule has 0 unspecified atom stereocenters. The molecule has 2 aliphatic rings. The minimum atomic E-state index is 0.00279. The standard InChI is InChI=1S/C14H16N2O/c1-8-6-12-13(7-9(8)2)16-14(17)10-4-3-5-11(10)15-12/h6-7,10H,3-5H2,1-2H3,(H,16,17)/t10-/m1/s1. The van der Waals surface area contributed by atoms with Crippen LogP contribution in [0.2, 0.25) is 0 Å². The van der Waals surface area contributed by atoms with Gasteiger partial charge in [-0.2, -0.15) is 0 Å². The Bertz CT molecular complexity index is 531. The molecule has 1 aliphatic carbocycles. The highest BCUT2D eigenvalue weighted by molar-refractivity contribution is 6.14. The van der Waals surface area contributed by atoms with Crippen LogP contribution in [0.4, 0.5) is 11.4 Å². The second kappa shape index (κ2) is 3.69. The van der Waals surface area contributed by atoms with Crippen molar-refractivity contribution in [3.8, 4) is 0 Å². The lowest BCUT2D eigenvalue weighted by molar-refractivity contribution is -0.117. The fraction of sp³-hybridized carbons (Fsp3) is 0.429. The van der Waals surface area contributed by atoms with E-state index in [9.17, 15) is 4.79 Å². The van der Waals surface area contributed by atoms with Crippen molar-refractivity contribution in [1.29, 1.82) is 0 Å². The second-order valence-corrected chi connectivity index (χ2v) is 4.99. The molecule has 1 aromatic carbocycles. The number of amides is 1. The Morgan fingerprint density at radius 3 is 2.88 bits per heavy atom. The monoisotopic (exact) mass is 228 g/mol. The van der Waals surface area contributed by atoms with Crippen molar-refractivity contribution >= 4 is 23.0 Å². The first-order valence-corrected chi connectivity index (χ1v) is 6.15. The summed E-state index contributed by atoms with van der Waals surface area (Å²) in [4.78, 5) is 16.7. The predicted molar refractivity (Wildman–Crippen MR) is 69.0 cm³/mol. The Morgan fingerprint density at radius 1 is 1.29 bits per heavy atom. The van der Waals surface area contributed by atoms with Crippen molar-refractivity contribution in [2.24, 2.45) is 10.9 Å². The third kappa shape index (κ3) is 1.66. The van der Waals surface area contributed by atoms with Gasteiger partial charge in [0.15, 0.2) is 0 Å². The summed E-state index contributed by atoms with van der Waals surface area (Å²) in [5, 5.41) is 3.01. The molecule has 3 heteroatoms. The molecule has 0 spiro atoms. The van der Waals surface area contributed by atoms with Gasteiger partial charge in [0.2, 0.25) is 5.91 Å². The van der Waals surface area contributed by atoms with E-state index in [0.717, 1.165) is 36.3 Å². The second-order valence-electron chi connectivity index (χ2n) is 4.99. The number of carbonyl (C=O) groups excluding carboxylic acids is 1. The fourth-order valence-corrected chi connectivity index (χ4v) is 2.61. The van der Waals surface area contributed by atoms with E-state index in [0.29, 0.717) is 0 Å². The van der Waals surface area contributed by atoms with Gasteiger partial charge in [0, 0.05) is 5.71 Å². The molecule has 17 heavy (non-hydrogen) atoms. The molecular formula is C14H16N2O. The number of nitrogens with zero attached hydrogens (tertiary/aromatic N) is 1. The molecule has 1 heterocycles. The number of fused-ring (bicyclic) bond motifs is 2. The molecule has 0 saturated heterocycles. The summed E-state index contributed by atoms with van der Waals surface area (Å²) in [7, 11) is 0. The highest BCUT2D eigenvalue weighted by Crippen LogP contribution is 2.36. The number of hydrogen-bond acceptors (Lipinski definition) is 2.